The molecule has 0 aliphatic heterocycles. The molecule has 1 N–H and O–H groups in total. The highest BCUT2D eigenvalue weighted by molar-refractivity contribution is 7.86. The fraction of sp³-hybridized carbons (Fsp3) is 0.844. The van der Waals surface area contributed by atoms with E-state index in [0.717, 1.165) is 25.7 Å². The summed E-state index contributed by atoms with van der Waals surface area (Å²) in [5.74, 6) is -1.43. The van der Waals surface area contributed by atoms with Crippen molar-refractivity contribution in [2.24, 2.45) is 46.3 Å². The molecule has 4 fully saturated rings. The Bertz CT molecular complexity index is 1310. The monoisotopic (exact) mass is 708 g/mol. The molecule has 0 aromatic rings. The van der Waals surface area contributed by atoms with Crippen LogP contribution < -0.4 is 0 Å². The zero-order chi connectivity index (χ0) is 35.5. The zero-order valence-electron chi connectivity index (χ0n) is 27.4. The third-order valence-corrected chi connectivity index (χ3v) is 13.2. The van der Waals surface area contributed by atoms with E-state index in [9.17, 15) is 41.2 Å². The van der Waals surface area contributed by atoms with Crippen LogP contribution in [0.5, 0.6) is 0 Å². The van der Waals surface area contributed by atoms with Gasteiger partial charge in [0.25, 0.3) is 19.4 Å². The summed E-state index contributed by atoms with van der Waals surface area (Å²) in [4.78, 5) is 58.9. The van der Waals surface area contributed by atoms with E-state index in [4.69, 9.17) is 23.5 Å². The third-order valence-electron chi connectivity index (χ3n) is 12.3. The summed E-state index contributed by atoms with van der Waals surface area (Å²) in [6, 6.07) is 0. The number of alkyl halides is 2. The van der Waals surface area contributed by atoms with Crippen LogP contribution in [0, 0.1) is 46.3 Å². The molecule has 3 unspecified atom stereocenters. The van der Waals surface area contributed by atoms with Gasteiger partial charge in [-0.1, -0.05) is 20.8 Å². The van der Waals surface area contributed by atoms with Crippen LogP contribution in [0.1, 0.15) is 85.0 Å². The van der Waals surface area contributed by atoms with E-state index in [-0.39, 0.29) is 59.6 Å². The van der Waals surface area contributed by atoms with Crippen LogP contribution in [0.4, 0.5) is 8.78 Å². The fourth-order valence-corrected chi connectivity index (χ4v) is 10.1. The van der Waals surface area contributed by atoms with Crippen molar-refractivity contribution in [3.8, 4) is 0 Å². The van der Waals surface area contributed by atoms with Crippen LogP contribution in [0.15, 0.2) is 0 Å². The smallest absolute Gasteiger partial charge is 0.402 e. The Morgan fingerprint density at radius 3 is 2.23 bits per heavy atom. The SMILES string of the molecule is C[C@H](CCC(=O)OCCC(=O)OCC(F)(F)S(=O)(=O)O)[C@H]1CC[C@H]2[C@@H]3C(OC=O)C[C@@H]4CC(OC=O)CC[C@]4(C)[C@H]3CC(OC=O)[C@]12C. The van der Waals surface area contributed by atoms with Crippen LogP contribution in [0.25, 0.3) is 0 Å². The van der Waals surface area contributed by atoms with Gasteiger partial charge in [0.15, 0.2) is 6.61 Å². The topological polar surface area (TPSA) is 186 Å². The van der Waals surface area contributed by atoms with E-state index in [0.29, 0.717) is 45.1 Å². The Balaban J connectivity index is 1.40. The molecule has 16 heteroatoms. The normalized spacial score (nSPS) is 36.6. The Morgan fingerprint density at radius 1 is 0.917 bits per heavy atom. The molecule has 0 aromatic carbocycles. The van der Waals surface area contributed by atoms with E-state index < -0.39 is 58.5 Å². The van der Waals surface area contributed by atoms with Crippen molar-refractivity contribution in [3.05, 3.63) is 0 Å². The predicted octanol–water partition coefficient (Wildman–Crippen LogP) is 3.86. The highest BCUT2D eigenvalue weighted by Crippen LogP contribution is 2.69. The minimum atomic E-state index is -5.75. The molecule has 4 aliphatic carbocycles. The molecule has 0 aromatic heterocycles. The Labute approximate surface area is 278 Å². The molecule has 272 valence electrons. The number of fused-ring (bicyclic) bond motifs is 5. The van der Waals surface area contributed by atoms with Gasteiger partial charge in [-0.25, -0.2) is 0 Å². The van der Waals surface area contributed by atoms with Crippen molar-refractivity contribution in [3.63, 3.8) is 0 Å². The van der Waals surface area contributed by atoms with Gasteiger partial charge in [-0.15, -0.1) is 0 Å². The summed E-state index contributed by atoms with van der Waals surface area (Å²) in [7, 11) is -5.75. The standard InChI is InChI=1S/C32H46F2O13S/c1-19(4-7-27(38)43-11-9-28(39)44-15-32(33,34)48(40,41)42)22-5-6-23-29-24(14-26(47-18-37)31(22,23)3)30(2)10-8-21(45-16-35)12-20(30)13-25(29)46-17-36/h16-26,29H,4-15H2,1-3H3,(H,40,41,42)/t19-,20+,21?,22-,23+,24+,25?,26?,29+,30+,31-/m1/s1. The summed E-state index contributed by atoms with van der Waals surface area (Å²) in [5.41, 5.74) is -0.593. The first kappa shape index (κ1) is 37.9. The van der Waals surface area contributed by atoms with E-state index in [1.807, 2.05) is 6.92 Å². The summed E-state index contributed by atoms with van der Waals surface area (Å²) in [5, 5.41) is -4.66. The lowest BCUT2D eigenvalue weighted by Gasteiger charge is -2.64. The lowest BCUT2D eigenvalue weighted by atomic mass is 9.43. The maximum absolute atomic E-state index is 13.2. The van der Waals surface area contributed by atoms with Crippen molar-refractivity contribution >= 4 is 41.5 Å². The van der Waals surface area contributed by atoms with Crippen molar-refractivity contribution in [1.82, 2.24) is 0 Å². The summed E-state index contributed by atoms with van der Waals surface area (Å²) < 4.78 is 82.5. The van der Waals surface area contributed by atoms with Gasteiger partial charge < -0.3 is 23.7 Å². The Morgan fingerprint density at radius 2 is 1.58 bits per heavy atom. The van der Waals surface area contributed by atoms with Crippen molar-refractivity contribution in [2.75, 3.05) is 13.2 Å². The van der Waals surface area contributed by atoms with E-state index >= 15 is 0 Å². The lowest BCUT2D eigenvalue weighted by molar-refractivity contribution is -0.218. The fourth-order valence-electron chi connectivity index (χ4n) is 9.93. The number of carbonyl (C=O) groups excluding carboxylic acids is 5. The molecular weight excluding hydrogens is 662 g/mol. The van der Waals surface area contributed by atoms with Crippen LogP contribution in [0.3, 0.4) is 0 Å². The first-order valence-corrected chi connectivity index (χ1v) is 17.9. The third kappa shape index (κ3) is 7.48. The molecule has 0 radical (unpaired) electrons. The molecule has 0 amide bonds. The van der Waals surface area contributed by atoms with Gasteiger partial charge in [-0.3, -0.25) is 28.5 Å². The molecule has 0 bridgehead atoms. The highest BCUT2D eigenvalue weighted by Gasteiger charge is 2.67. The van der Waals surface area contributed by atoms with E-state index in [2.05, 4.69) is 18.6 Å². The maximum Gasteiger partial charge on any atom is 0.402 e. The molecule has 4 aliphatic rings. The first-order chi connectivity index (χ1) is 22.5. The molecule has 0 saturated heterocycles. The molecule has 4 saturated carbocycles. The molecule has 11 atom stereocenters. The summed E-state index contributed by atoms with van der Waals surface area (Å²) >= 11 is 0. The van der Waals surface area contributed by atoms with Crippen molar-refractivity contribution in [2.45, 2.75) is 109 Å². The average molecular weight is 709 g/mol. The van der Waals surface area contributed by atoms with Gasteiger partial charge in [0.2, 0.25) is 0 Å². The van der Waals surface area contributed by atoms with Gasteiger partial charge >= 0.3 is 27.3 Å². The lowest BCUT2D eigenvalue weighted by Crippen LogP contribution is -2.63. The van der Waals surface area contributed by atoms with Gasteiger partial charge in [0.05, 0.1) is 6.42 Å². The van der Waals surface area contributed by atoms with Crippen molar-refractivity contribution < 1.29 is 69.4 Å². The van der Waals surface area contributed by atoms with Gasteiger partial charge in [0.1, 0.15) is 24.9 Å². The Kier molecular flexibility index (Phi) is 11.8. The quantitative estimate of drug-likeness (QED) is 0.106. The second-order valence-electron chi connectivity index (χ2n) is 14.4. The van der Waals surface area contributed by atoms with Crippen LogP contribution in [-0.4, -0.2) is 81.1 Å². The van der Waals surface area contributed by atoms with E-state index in [1.54, 1.807) is 0 Å². The predicted molar refractivity (Wildman–Crippen MR) is 160 cm³/mol. The van der Waals surface area contributed by atoms with Crippen LogP contribution >= 0.6 is 0 Å². The first-order valence-electron chi connectivity index (χ1n) is 16.5. The number of carbonyl (C=O) groups is 5. The number of halogens is 2. The minimum absolute atomic E-state index is 0.000200. The maximum atomic E-state index is 13.2. The number of hydrogen-bond acceptors (Lipinski definition) is 12. The molecule has 0 spiro atoms. The summed E-state index contributed by atoms with van der Waals surface area (Å²) in [6.45, 7) is 5.57. The summed E-state index contributed by atoms with van der Waals surface area (Å²) in [6.07, 6.45) is 4.03. The van der Waals surface area contributed by atoms with Crippen molar-refractivity contribution in [1.29, 1.82) is 0 Å². The Hall–Kier alpha value is -2.88. The van der Waals surface area contributed by atoms with Gasteiger partial charge in [-0.2, -0.15) is 17.2 Å². The second kappa shape index (κ2) is 14.9. The molecule has 13 nitrogen and oxygen atoms in total. The number of ether oxygens (including phenoxy) is 5. The molecular formula is C32H46F2O13S. The molecule has 4 rings (SSSR count). The number of esters is 2. The largest absolute Gasteiger partial charge is 0.465 e. The van der Waals surface area contributed by atoms with Crippen LogP contribution in [0.2, 0.25) is 0 Å². The van der Waals surface area contributed by atoms with E-state index in [1.165, 1.54) is 0 Å². The molecule has 48 heavy (non-hydrogen) atoms. The number of rotatable bonds is 16. The zero-order valence-corrected chi connectivity index (χ0v) is 28.2. The van der Waals surface area contributed by atoms with Gasteiger partial charge in [0, 0.05) is 17.8 Å². The van der Waals surface area contributed by atoms with Crippen LogP contribution in [-0.2, 0) is 57.8 Å². The number of hydrogen-bond donors (Lipinski definition) is 1. The minimum Gasteiger partial charge on any atom is -0.465 e. The van der Waals surface area contributed by atoms with Gasteiger partial charge in [-0.05, 0) is 86.4 Å². The molecule has 0 heterocycles. The second-order valence-corrected chi connectivity index (χ2v) is 15.9. The average Bonchev–Trinajstić information content (AvgIpc) is 3.38. The highest BCUT2D eigenvalue weighted by atomic mass is 32.2.